The van der Waals surface area contributed by atoms with Crippen LogP contribution >= 0.6 is 11.8 Å². The van der Waals surface area contributed by atoms with Crippen LogP contribution in [0.5, 0.6) is 0 Å². The molecular formula is C12H16N2O3S. The first-order valence-corrected chi connectivity index (χ1v) is 6.85. The maximum absolute atomic E-state index is 11.9. The Morgan fingerprint density at radius 3 is 2.56 bits per heavy atom. The lowest BCUT2D eigenvalue weighted by molar-refractivity contribution is -0.135. The third-order valence-electron chi connectivity index (χ3n) is 2.19. The number of carboxylic acids is 1. The third-order valence-corrected chi connectivity index (χ3v) is 2.80. The lowest BCUT2D eigenvalue weighted by Gasteiger charge is -2.21. The van der Waals surface area contributed by atoms with E-state index in [1.54, 1.807) is 36.0 Å². The van der Waals surface area contributed by atoms with Crippen LogP contribution in [0.2, 0.25) is 0 Å². The summed E-state index contributed by atoms with van der Waals surface area (Å²) in [5.74, 6) is -0.250. The molecule has 5 nitrogen and oxygen atoms in total. The van der Waals surface area contributed by atoms with Crippen molar-refractivity contribution in [3.8, 4) is 0 Å². The highest BCUT2D eigenvalue weighted by molar-refractivity contribution is 7.98. The normalized spacial score (nSPS) is 9.83. The van der Waals surface area contributed by atoms with Crippen LogP contribution in [0.1, 0.15) is 0 Å². The van der Waals surface area contributed by atoms with Gasteiger partial charge < -0.3 is 10.4 Å². The summed E-state index contributed by atoms with van der Waals surface area (Å²) in [5, 5.41) is 11.5. The van der Waals surface area contributed by atoms with Crippen molar-refractivity contribution in [2.45, 2.75) is 0 Å². The molecule has 0 spiro atoms. The molecule has 0 saturated heterocycles. The second-order valence-corrected chi connectivity index (χ2v) is 4.53. The number of rotatable bonds is 6. The molecule has 0 fully saturated rings. The van der Waals surface area contributed by atoms with Crippen molar-refractivity contribution in [1.82, 2.24) is 5.32 Å². The van der Waals surface area contributed by atoms with Crippen molar-refractivity contribution in [3.63, 3.8) is 0 Å². The fourth-order valence-electron chi connectivity index (χ4n) is 1.38. The minimum absolute atomic E-state index is 0.352. The summed E-state index contributed by atoms with van der Waals surface area (Å²) in [7, 11) is 0. The zero-order valence-electron chi connectivity index (χ0n) is 10.1. The highest BCUT2D eigenvalue weighted by atomic mass is 32.2. The van der Waals surface area contributed by atoms with Gasteiger partial charge in [-0.2, -0.15) is 11.8 Å². The molecule has 6 heteroatoms. The number of benzene rings is 1. The topological polar surface area (TPSA) is 69.6 Å². The van der Waals surface area contributed by atoms with Gasteiger partial charge in [-0.05, 0) is 18.4 Å². The number of urea groups is 1. The molecule has 98 valence electrons. The largest absolute Gasteiger partial charge is 0.480 e. The van der Waals surface area contributed by atoms with Crippen LogP contribution in [0.3, 0.4) is 0 Å². The van der Waals surface area contributed by atoms with Gasteiger partial charge in [0, 0.05) is 18.0 Å². The highest BCUT2D eigenvalue weighted by Gasteiger charge is 2.17. The second kappa shape index (κ2) is 7.60. The minimum atomic E-state index is -1.04. The van der Waals surface area contributed by atoms with Gasteiger partial charge in [-0.15, -0.1) is 0 Å². The first-order valence-electron chi connectivity index (χ1n) is 5.46. The van der Waals surface area contributed by atoms with E-state index in [4.69, 9.17) is 5.11 Å². The quantitative estimate of drug-likeness (QED) is 0.770. The Kier molecular flexibility index (Phi) is 6.07. The van der Waals surface area contributed by atoms with Gasteiger partial charge in [0.25, 0.3) is 0 Å². The number of hydrogen-bond acceptors (Lipinski definition) is 3. The summed E-state index contributed by atoms with van der Waals surface area (Å²) in [6, 6.07) is 8.36. The van der Waals surface area contributed by atoms with Gasteiger partial charge >= 0.3 is 12.0 Å². The molecule has 0 aromatic heterocycles. The molecule has 0 aliphatic rings. The van der Waals surface area contributed by atoms with E-state index >= 15 is 0 Å². The van der Waals surface area contributed by atoms with E-state index in [1.807, 2.05) is 12.3 Å². The van der Waals surface area contributed by atoms with Gasteiger partial charge in [-0.25, -0.2) is 4.79 Å². The lowest BCUT2D eigenvalue weighted by atomic mass is 10.3. The van der Waals surface area contributed by atoms with Crippen molar-refractivity contribution in [2.75, 3.05) is 30.0 Å². The summed E-state index contributed by atoms with van der Waals surface area (Å²) in [4.78, 5) is 23.9. The molecular weight excluding hydrogens is 252 g/mol. The number of nitrogens with zero attached hydrogens (tertiary/aromatic N) is 1. The van der Waals surface area contributed by atoms with E-state index in [2.05, 4.69) is 5.32 Å². The van der Waals surface area contributed by atoms with Crippen LogP contribution in [-0.4, -0.2) is 42.2 Å². The lowest BCUT2D eigenvalue weighted by Crippen LogP contribution is -2.43. The van der Waals surface area contributed by atoms with Crippen LogP contribution < -0.4 is 10.2 Å². The Hall–Kier alpha value is -1.69. The van der Waals surface area contributed by atoms with Gasteiger partial charge in [-0.3, -0.25) is 9.69 Å². The molecule has 1 rings (SSSR count). The van der Waals surface area contributed by atoms with Crippen LogP contribution in [0.15, 0.2) is 30.3 Å². The fraction of sp³-hybridized carbons (Fsp3) is 0.333. The number of anilines is 1. The Bertz CT molecular complexity index is 398. The number of para-hydroxylation sites is 1. The average Bonchev–Trinajstić information content (AvgIpc) is 2.37. The minimum Gasteiger partial charge on any atom is -0.480 e. The van der Waals surface area contributed by atoms with E-state index in [9.17, 15) is 9.59 Å². The highest BCUT2D eigenvalue weighted by Crippen LogP contribution is 2.12. The standard InChI is InChI=1S/C12H16N2O3S/c1-18-8-7-13-12(17)14(9-11(15)16)10-5-3-2-4-6-10/h2-6H,7-9H2,1H3,(H,13,17)(H,15,16). The number of aliphatic carboxylic acids is 1. The second-order valence-electron chi connectivity index (χ2n) is 3.54. The van der Waals surface area contributed by atoms with E-state index in [-0.39, 0.29) is 6.54 Å². The Morgan fingerprint density at radius 1 is 1.33 bits per heavy atom. The Morgan fingerprint density at radius 2 is 2.00 bits per heavy atom. The van der Waals surface area contributed by atoms with Crippen LogP contribution in [0.25, 0.3) is 0 Å². The van der Waals surface area contributed by atoms with Crippen molar-refractivity contribution in [2.24, 2.45) is 0 Å². The molecule has 0 unspecified atom stereocenters. The number of carboxylic acid groups (broad SMARTS) is 1. The van der Waals surface area contributed by atoms with Gasteiger partial charge in [0.05, 0.1) is 0 Å². The molecule has 0 saturated carbocycles. The maximum atomic E-state index is 11.9. The van der Waals surface area contributed by atoms with Gasteiger partial charge in [-0.1, -0.05) is 18.2 Å². The fourth-order valence-corrected chi connectivity index (χ4v) is 1.69. The summed E-state index contributed by atoms with van der Waals surface area (Å²) < 4.78 is 0. The van der Waals surface area contributed by atoms with Crippen LogP contribution in [-0.2, 0) is 4.79 Å². The van der Waals surface area contributed by atoms with Crippen molar-refractivity contribution in [3.05, 3.63) is 30.3 Å². The number of thioether (sulfide) groups is 1. The van der Waals surface area contributed by atoms with Crippen LogP contribution in [0, 0.1) is 0 Å². The first kappa shape index (κ1) is 14.4. The summed E-state index contributed by atoms with van der Waals surface area (Å²) in [5.41, 5.74) is 0.571. The molecule has 1 aromatic rings. The number of carbonyl (C=O) groups is 2. The molecule has 2 amide bonds. The molecule has 2 N–H and O–H groups in total. The average molecular weight is 268 g/mol. The van der Waals surface area contributed by atoms with Gasteiger partial charge in [0.1, 0.15) is 6.54 Å². The summed E-state index contributed by atoms with van der Waals surface area (Å²) in [6.45, 7) is 0.165. The third kappa shape index (κ3) is 4.67. The van der Waals surface area contributed by atoms with Crippen LogP contribution in [0.4, 0.5) is 10.5 Å². The zero-order chi connectivity index (χ0) is 13.4. The molecule has 18 heavy (non-hydrogen) atoms. The predicted molar refractivity (Wildman–Crippen MR) is 73.2 cm³/mol. The van der Waals surface area contributed by atoms with E-state index in [1.165, 1.54) is 4.90 Å². The number of hydrogen-bond donors (Lipinski definition) is 2. The van der Waals surface area contributed by atoms with Crippen molar-refractivity contribution >= 4 is 29.4 Å². The molecule has 0 aliphatic heterocycles. The number of carbonyl (C=O) groups excluding carboxylic acids is 1. The first-order chi connectivity index (χ1) is 8.65. The maximum Gasteiger partial charge on any atom is 0.323 e. The predicted octanol–water partition coefficient (Wildman–Crippen LogP) is 1.65. The summed E-state index contributed by atoms with van der Waals surface area (Å²) in [6.07, 6.45) is 1.94. The summed E-state index contributed by atoms with van der Waals surface area (Å²) >= 11 is 1.62. The number of nitrogens with one attached hydrogen (secondary N) is 1. The van der Waals surface area contributed by atoms with Gasteiger partial charge in [0.15, 0.2) is 0 Å². The molecule has 0 aliphatic carbocycles. The molecule has 0 radical (unpaired) electrons. The van der Waals surface area contributed by atoms with Gasteiger partial charge in [0.2, 0.25) is 0 Å². The van der Waals surface area contributed by atoms with E-state index in [0.29, 0.717) is 12.2 Å². The SMILES string of the molecule is CSCCNC(=O)N(CC(=O)O)c1ccccc1. The zero-order valence-corrected chi connectivity index (χ0v) is 10.9. The monoisotopic (exact) mass is 268 g/mol. The Balaban J connectivity index is 2.72. The molecule has 0 heterocycles. The van der Waals surface area contributed by atoms with E-state index < -0.39 is 12.0 Å². The van der Waals surface area contributed by atoms with Crippen molar-refractivity contribution in [1.29, 1.82) is 0 Å². The molecule has 0 bridgehead atoms. The van der Waals surface area contributed by atoms with Crippen molar-refractivity contribution < 1.29 is 14.7 Å². The molecule has 1 aromatic carbocycles. The smallest absolute Gasteiger partial charge is 0.323 e. The Labute approximate surface area is 110 Å². The number of amides is 2. The molecule has 0 atom stereocenters. The van der Waals surface area contributed by atoms with E-state index in [0.717, 1.165) is 5.75 Å².